The fraction of sp³-hybridized carbons (Fsp3) is 0.692. The lowest BCUT2D eigenvalue weighted by Gasteiger charge is -2.13. The summed E-state index contributed by atoms with van der Waals surface area (Å²) in [6.07, 6.45) is 5.39. The molecule has 0 aliphatic heterocycles. The van der Waals surface area contributed by atoms with Crippen molar-refractivity contribution < 1.29 is 4.79 Å². The van der Waals surface area contributed by atoms with E-state index in [1.54, 1.807) is 0 Å². The van der Waals surface area contributed by atoms with E-state index in [-0.39, 0.29) is 11.8 Å². The molecule has 0 spiro atoms. The highest BCUT2D eigenvalue weighted by molar-refractivity contribution is 5.79. The average Bonchev–Trinajstić information content (AvgIpc) is 2.81. The second-order valence-corrected chi connectivity index (χ2v) is 4.85. The molecule has 1 rings (SSSR count). The van der Waals surface area contributed by atoms with Crippen LogP contribution in [0.15, 0.2) is 12.4 Å². The van der Waals surface area contributed by atoms with Crippen molar-refractivity contribution in [3.8, 4) is 0 Å². The standard InChI is InChI=1S/C13H24N4O/c1-4-5-15-13(18)12(7-14)6-11-8-16-17(9-11)10(2)3/h8-10,12H,4-7,14H2,1-3H3,(H,15,18). The smallest absolute Gasteiger partial charge is 0.224 e. The van der Waals surface area contributed by atoms with Crippen LogP contribution in [0, 0.1) is 5.92 Å². The monoisotopic (exact) mass is 252 g/mol. The third kappa shape index (κ3) is 4.14. The van der Waals surface area contributed by atoms with Crippen molar-refractivity contribution in [2.75, 3.05) is 13.1 Å². The van der Waals surface area contributed by atoms with Gasteiger partial charge in [0.05, 0.1) is 12.1 Å². The molecular formula is C13H24N4O. The van der Waals surface area contributed by atoms with Gasteiger partial charge in [-0.1, -0.05) is 6.92 Å². The first kappa shape index (κ1) is 14.7. The molecule has 102 valence electrons. The van der Waals surface area contributed by atoms with Gasteiger partial charge in [-0.15, -0.1) is 0 Å². The Morgan fingerprint density at radius 2 is 2.28 bits per heavy atom. The summed E-state index contributed by atoms with van der Waals surface area (Å²) in [5.74, 6) is -0.127. The predicted molar refractivity (Wildman–Crippen MR) is 72.2 cm³/mol. The quantitative estimate of drug-likeness (QED) is 0.763. The van der Waals surface area contributed by atoms with Crippen molar-refractivity contribution in [2.45, 2.75) is 39.7 Å². The van der Waals surface area contributed by atoms with Gasteiger partial charge < -0.3 is 11.1 Å². The minimum atomic E-state index is -0.165. The number of carbonyl (C=O) groups excluding carboxylic acids is 1. The third-order valence-electron chi connectivity index (χ3n) is 2.87. The van der Waals surface area contributed by atoms with Gasteiger partial charge in [-0.05, 0) is 32.3 Å². The number of hydrogen-bond acceptors (Lipinski definition) is 3. The molecule has 0 bridgehead atoms. The van der Waals surface area contributed by atoms with Crippen LogP contribution in [0.5, 0.6) is 0 Å². The normalized spacial score (nSPS) is 12.7. The van der Waals surface area contributed by atoms with Gasteiger partial charge in [0.15, 0.2) is 0 Å². The minimum Gasteiger partial charge on any atom is -0.356 e. The van der Waals surface area contributed by atoms with Crippen LogP contribution >= 0.6 is 0 Å². The van der Waals surface area contributed by atoms with Gasteiger partial charge in [-0.3, -0.25) is 9.48 Å². The summed E-state index contributed by atoms with van der Waals surface area (Å²) in [6, 6.07) is 0.337. The zero-order chi connectivity index (χ0) is 13.5. The summed E-state index contributed by atoms with van der Waals surface area (Å²) in [5.41, 5.74) is 6.73. The molecule has 0 aromatic carbocycles. The number of amides is 1. The maximum Gasteiger partial charge on any atom is 0.224 e. The molecule has 5 nitrogen and oxygen atoms in total. The van der Waals surface area contributed by atoms with Crippen LogP contribution in [0.3, 0.4) is 0 Å². The van der Waals surface area contributed by atoms with E-state index in [0.29, 0.717) is 25.6 Å². The molecule has 0 saturated heterocycles. The topological polar surface area (TPSA) is 72.9 Å². The summed E-state index contributed by atoms with van der Waals surface area (Å²) in [7, 11) is 0. The van der Waals surface area contributed by atoms with Gasteiger partial charge in [-0.25, -0.2) is 0 Å². The molecule has 3 N–H and O–H groups in total. The van der Waals surface area contributed by atoms with Crippen molar-refractivity contribution in [1.29, 1.82) is 0 Å². The van der Waals surface area contributed by atoms with Crippen molar-refractivity contribution in [1.82, 2.24) is 15.1 Å². The molecular weight excluding hydrogens is 228 g/mol. The van der Waals surface area contributed by atoms with Crippen LogP contribution in [-0.2, 0) is 11.2 Å². The predicted octanol–water partition coefficient (Wildman–Crippen LogP) is 1.11. The summed E-state index contributed by atoms with van der Waals surface area (Å²) in [5, 5.41) is 7.16. The second-order valence-electron chi connectivity index (χ2n) is 4.85. The van der Waals surface area contributed by atoms with Crippen molar-refractivity contribution in [2.24, 2.45) is 11.7 Å². The van der Waals surface area contributed by atoms with Crippen LogP contribution in [0.2, 0.25) is 0 Å². The van der Waals surface area contributed by atoms with E-state index < -0.39 is 0 Å². The van der Waals surface area contributed by atoms with E-state index in [1.807, 2.05) is 24.0 Å². The van der Waals surface area contributed by atoms with E-state index in [1.165, 1.54) is 0 Å². The lowest BCUT2D eigenvalue weighted by Crippen LogP contribution is -2.36. The van der Waals surface area contributed by atoms with Crippen molar-refractivity contribution >= 4 is 5.91 Å². The number of hydrogen-bond donors (Lipinski definition) is 2. The van der Waals surface area contributed by atoms with Gasteiger partial charge >= 0.3 is 0 Å². The molecule has 1 amide bonds. The minimum absolute atomic E-state index is 0.0386. The number of rotatable bonds is 7. The van der Waals surface area contributed by atoms with E-state index in [2.05, 4.69) is 24.3 Å². The van der Waals surface area contributed by atoms with Crippen LogP contribution in [0.25, 0.3) is 0 Å². The van der Waals surface area contributed by atoms with E-state index >= 15 is 0 Å². The summed E-state index contributed by atoms with van der Waals surface area (Å²) in [6.45, 7) is 7.25. The number of aromatic nitrogens is 2. The fourth-order valence-corrected chi connectivity index (χ4v) is 1.73. The van der Waals surface area contributed by atoms with Crippen molar-refractivity contribution in [3.05, 3.63) is 18.0 Å². The molecule has 5 heteroatoms. The van der Waals surface area contributed by atoms with Crippen LogP contribution < -0.4 is 11.1 Å². The molecule has 1 unspecified atom stereocenters. The number of nitrogens with two attached hydrogens (primary N) is 1. The summed E-state index contributed by atoms with van der Waals surface area (Å²) >= 11 is 0. The molecule has 1 atom stereocenters. The molecule has 18 heavy (non-hydrogen) atoms. The van der Waals surface area contributed by atoms with Gasteiger partial charge in [0, 0.05) is 25.3 Å². The fourth-order valence-electron chi connectivity index (χ4n) is 1.73. The molecule has 1 heterocycles. The van der Waals surface area contributed by atoms with Crippen LogP contribution in [0.4, 0.5) is 0 Å². The molecule has 0 saturated carbocycles. The highest BCUT2D eigenvalue weighted by atomic mass is 16.1. The second kappa shape index (κ2) is 7.16. The number of nitrogens with zero attached hydrogens (tertiary/aromatic N) is 2. The van der Waals surface area contributed by atoms with Gasteiger partial charge in [0.2, 0.25) is 5.91 Å². The Hall–Kier alpha value is -1.36. The van der Waals surface area contributed by atoms with E-state index in [9.17, 15) is 4.79 Å². The molecule has 0 radical (unpaired) electrons. The Bertz CT molecular complexity index is 373. The number of carbonyl (C=O) groups is 1. The molecule has 1 aromatic rings. The van der Waals surface area contributed by atoms with Gasteiger partial charge in [-0.2, -0.15) is 5.10 Å². The average molecular weight is 252 g/mol. The largest absolute Gasteiger partial charge is 0.356 e. The summed E-state index contributed by atoms with van der Waals surface area (Å²) < 4.78 is 1.90. The number of nitrogens with one attached hydrogen (secondary N) is 1. The van der Waals surface area contributed by atoms with E-state index in [0.717, 1.165) is 12.0 Å². The van der Waals surface area contributed by atoms with Gasteiger partial charge in [0.25, 0.3) is 0 Å². The first-order valence-electron chi connectivity index (χ1n) is 6.59. The summed E-state index contributed by atoms with van der Waals surface area (Å²) in [4.78, 5) is 11.9. The lowest BCUT2D eigenvalue weighted by molar-refractivity contribution is -0.124. The Morgan fingerprint density at radius 1 is 1.56 bits per heavy atom. The van der Waals surface area contributed by atoms with Crippen LogP contribution in [0.1, 0.15) is 38.8 Å². The Morgan fingerprint density at radius 3 is 2.78 bits per heavy atom. The molecule has 0 aliphatic rings. The Balaban J connectivity index is 2.58. The lowest BCUT2D eigenvalue weighted by atomic mass is 10.0. The molecule has 0 aliphatic carbocycles. The first-order chi connectivity index (χ1) is 8.58. The maximum atomic E-state index is 11.9. The SMILES string of the molecule is CCCNC(=O)C(CN)Cc1cnn(C(C)C)c1. The molecule has 1 aromatic heterocycles. The van der Waals surface area contributed by atoms with Crippen molar-refractivity contribution in [3.63, 3.8) is 0 Å². The Kier molecular flexibility index (Phi) is 5.85. The zero-order valence-electron chi connectivity index (χ0n) is 11.5. The third-order valence-corrected chi connectivity index (χ3v) is 2.87. The zero-order valence-corrected chi connectivity index (χ0v) is 11.5. The first-order valence-corrected chi connectivity index (χ1v) is 6.59. The van der Waals surface area contributed by atoms with E-state index in [4.69, 9.17) is 5.73 Å². The Labute approximate surface area is 109 Å². The highest BCUT2D eigenvalue weighted by Crippen LogP contribution is 2.10. The highest BCUT2D eigenvalue weighted by Gasteiger charge is 2.17. The maximum absolute atomic E-state index is 11.9. The van der Waals surface area contributed by atoms with Gasteiger partial charge in [0.1, 0.15) is 0 Å². The van der Waals surface area contributed by atoms with Crippen LogP contribution in [-0.4, -0.2) is 28.8 Å². The molecule has 0 fully saturated rings.